The van der Waals surface area contributed by atoms with E-state index in [9.17, 15) is 4.79 Å². The standard InChI is InChI=1S/C13H14N2O3/c14-10-7-18-11(8-4-2-1-3-5-8)6-9(10)12(15)13(16)17/h1-5,11,14H,6-7,15H2,(H,16,17). The molecule has 1 aliphatic heterocycles. The van der Waals surface area contributed by atoms with E-state index in [1.54, 1.807) is 0 Å². The predicted molar refractivity (Wildman–Crippen MR) is 66.3 cm³/mol. The number of carboxylic acids is 1. The third kappa shape index (κ3) is 2.41. The van der Waals surface area contributed by atoms with Crippen molar-refractivity contribution in [2.75, 3.05) is 6.61 Å². The summed E-state index contributed by atoms with van der Waals surface area (Å²) in [5, 5.41) is 16.6. The molecular weight excluding hydrogens is 232 g/mol. The highest BCUT2D eigenvalue weighted by Gasteiger charge is 2.26. The zero-order valence-electron chi connectivity index (χ0n) is 9.72. The van der Waals surface area contributed by atoms with Gasteiger partial charge in [0.2, 0.25) is 0 Å². The fraction of sp³-hybridized carbons (Fsp3) is 0.231. The van der Waals surface area contributed by atoms with E-state index in [1.807, 2.05) is 30.3 Å². The largest absolute Gasteiger partial charge is 0.477 e. The Bertz CT molecular complexity index is 508. The summed E-state index contributed by atoms with van der Waals surface area (Å²) in [6.45, 7) is 0.0862. The van der Waals surface area contributed by atoms with Crippen molar-refractivity contribution in [3.8, 4) is 0 Å². The number of carbonyl (C=O) groups is 1. The van der Waals surface area contributed by atoms with Crippen molar-refractivity contribution in [3.05, 3.63) is 47.2 Å². The van der Waals surface area contributed by atoms with Crippen molar-refractivity contribution in [2.24, 2.45) is 5.73 Å². The highest BCUT2D eigenvalue weighted by atomic mass is 16.5. The molecule has 94 valence electrons. The molecule has 1 heterocycles. The summed E-state index contributed by atoms with van der Waals surface area (Å²) in [4.78, 5) is 10.9. The van der Waals surface area contributed by atoms with Crippen molar-refractivity contribution >= 4 is 11.7 Å². The van der Waals surface area contributed by atoms with Crippen LogP contribution in [0.15, 0.2) is 41.6 Å². The number of ether oxygens (including phenoxy) is 1. The van der Waals surface area contributed by atoms with E-state index in [2.05, 4.69) is 0 Å². The second-order valence-electron chi connectivity index (χ2n) is 4.09. The van der Waals surface area contributed by atoms with Crippen molar-refractivity contribution < 1.29 is 14.6 Å². The third-order valence-electron chi connectivity index (χ3n) is 2.91. The minimum absolute atomic E-state index is 0.0862. The minimum Gasteiger partial charge on any atom is -0.477 e. The molecule has 4 N–H and O–H groups in total. The minimum atomic E-state index is -1.19. The van der Waals surface area contributed by atoms with Gasteiger partial charge in [-0.05, 0) is 5.56 Å². The van der Waals surface area contributed by atoms with Gasteiger partial charge in [-0.25, -0.2) is 4.79 Å². The number of nitrogens with two attached hydrogens (primary N) is 1. The molecule has 0 aliphatic carbocycles. The molecule has 18 heavy (non-hydrogen) atoms. The Morgan fingerprint density at radius 3 is 2.67 bits per heavy atom. The molecule has 1 fully saturated rings. The molecule has 0 bridgehead atoms. The van der Waals surface area contributed by atoms with Gasteiger partial charge in [0.05, 0.1) is 18.4 Å². The van der Waals surface area contributed by atoms with Crippen LogP contribution in [0.25, 0.3) is 0 Å². The van der Waals surface area contributed by atoms with E-state index >= 15 is 0 Å². The summed E-state index contributed by atoms with van der Waals surface area (Å²) in [6, 6.07) is 9.50. The van der Waals surface area contributed by atoms with Crippen LogP contribution in [-0.4, -0.2) is 23.4 Å². The fourth-order valence-corrected chi connectivity index (χ4v) is 1.92. The lowest BCUT2D eigenvalue weighted by atomic mass is 9.94. The van der Waals surface area contributed by atoms with Gasteiger partial charge in [0.1, 0.15) is 5.70 Å². The lowest BCUT2D eigenvalue weighted by Crippen LogP contribution is -2.27. The topological polar surface area (TPSA) is 96.4 Å². The average Bonchev–Trinajstić information content (AvgIpc) is 2.39. The summed E-state index contributed by atoms with van der Waals surface area (Å²) in [5.74, 6) is -1.19. The highest BCUT2D eigenvalue weighted by molar-refractivity contribution is 6.05. The second kappa shape index (κ2) is 5.01. The maximum absolute atomic E-state index is 10.9. The number of aliphatic carboxylic acids is 1. The van der Waals surface area contributed by atoms with Crippen LogP contribution >= 0.6 is 0 Å². The third-order valence-corrected chi connectivity index (χ3v) is 2.91. The maximum atomic E-state index is 10.9. The first-order chi connectivity index (χ1) is 8.59. The maximum Gasteiger partial charge on any atom is 0.352 e. The molecule has 0 spiro atoms. The average molecular weight is 246 g/mol. The van der Waals surface area contributed by atoms with Crippen LogP contribution in [0.5, 0.6) is 0 Å². The fourth-order valence-electron chi connectivity index (χ4n) is 1.92. The Morgan fingerprint density at radius 2 is 2.06 bits per heavy atom. The lowest BCUT2D eigenvalue weighted by Gasteiger charge is -2.26. The van der Waals surface area contributed by atoms with Gasteiger partial charge >= 0.3 is 5.97 Å². The highest BCUT2D eigenvalue weighted by Crippen LogP contribution is 2.30. The zero-order valence-corrected chi connectivity index (χ0v) is 9.72. The first-order valence-corrected chi connectivity index (χ1v) is 5.56. The summed E-state index contributed by atoms with van der Waals surface area (Å²) >= 11 is 0. The zero-order chi connectivity index (χ0) is 13.1. The van der Waals surface area contributed by atoms with Gasteiger partial charge in [-0.15, -0.1) is 0 Å². The molecule has 0 aromatic heterocycles. The van der Waals surface area contributed by atoms with E-state index in [0.717, 1.165) is 5.56 Å². The number of nitrogens with one attached hydrogen (secondary N) is 1. The van der Waals surface area contributed by atoms with E-state index in [0.29, 0.717) is 12.0 Å². The number of hydrogen-bond acceptors (Lipinski definition) is 4. The van der Waals surface area contributed by atoms with Crippen molar-refractivity contribution in [1.82, 2.24) is 0 Å². The van der Waals surface area contributed by atoms with Gasteiger partial charge in [0.25, 0.3) is 0 Å². The SMILES string of the molecule is N=C1COC(c2ccccc2)CC1=C(N)C(=O)O. The summed E-state index contributed by atoms with van der Waals surface area (Å²) in [6.07, 6.45) is 0.0780. The van der Waals surface area contributed by atoms with Gasteiger partial charge in [-0.3, -0.25) is 0 Å². The van der Waals surface area contributed by atoms with Crippen LogP contribution in [0, 0.1) is 5.41 Å². The molecule has 1 aromatic rings. The van der Waals surface area contributed by atoms with Gasteiger partial charge in [-0.1, -0.05) is 30.3 Å². The quantitative estimate of drug-likeness (QED) is 0.688. The molecule has 0 radical (unpaired) electrons. The Morgan fingerprint density at radius 1 is 1.39 bits per heavy atom. The predicted octanol–water partition coefficient (Wildman–Crippen LogP) is 1.47. The molecule has 0 amide bonds. The Balaban J connectivity index is 2.28. The molecule has 0 saturated carbocycles. The number of hydrogen-bond donors (Lipinski definition) is 3. The molecule has 2 rings (SSSR count). The first-order valence-electron chi connectivity index (χ1n) is 5.56. The second-order valence-corrected chi connectivity index (χ2v) is 4.09. The molecule has 1 saturated heterocycles. The van der Waals surface area contributed by atoms with Crippen LogP contribution in [0.1, 0.15) is 18.1 Å². The van der Waals surface area contributed by atoms with Crippen LogP contribution in [0.3, 0.4) is 0 Å². The van der Waals surface area contributed by atoms with Gasteiger partial charge in [0.15, 0.2) is 0 Å². The summed E-state index contributed by atoms with van der Waals surface area (Å²) < 4.78 is 5.53. The molecule has 1 aliphatic rings. The molecule has 5 nitrogen and oxygen atoms in total. The summed E-state index contributed by atoms with van der Waals surface area (Å²) in [7, 11) is 0. The number of carboxylic acid groups (broad SMARTS) is 1. The Kier molecular flexibility index (Phi) is 3.43. The summed E-state index contributed by atoms with van der Waals surface area (Å²) in [5.41, 5.74) is 6.71. The van der Waals surface area contributed by atoms with Crippen LogP contribution in [0.4, 0.5) is 0 Å². The first kappa shape index (κ1) is 12.3. The van der Waals surface area contributed by atoms with Crippen molar-refractivity contribution in [3.63, 3.8) is 0 Å². The smallest absolute Gasteiger partial charge is 0.352 e. The van der Waals surface area contributed by atoms with E-state index in [-0.39, 0.29) is 24.1 Å². The van der Waals surface area contributed by atoms with E-state index in [4.69, 9.17) is 21.0 Å². The van der Waals surface area contributed by atoms with Crippen LogP contribution in [0.2, 0.25) is 0 Å². The number of benzene rings is 1. The van der Waals surface area contributed by atoms with Gasteiger partial charge < -0.3 is 21.0 Å². The molecule has 1 unspecified atom stereocenters. The monoisotopic (exact) mass is 246 g/mol. The molecule has 1 atom stereocenters. The van der Waals surface area contributed by atoms with Crippen LogP contribution in [-0.2, 0) is 9.53 Å². The van der Waals surface area contributed by atoms with Gasteiger partial charge in [0, 0.05) is 12.0 Å². The molecule has 5 heteroatoms. The Hall–Kier alpha value is -2.14. The Labute approximate surface area is 104 Å². The molecule has 1 aromatic carbocycles. The van der Waals surface area contributed by atoms with Crippen LogP contribution < -0.4 is 5.73 Å². The van der Waals surface area contributed by atoms with Crippen molar-refractivity contribution in [1.29, 1.82) is 5.41 Å². The van der Waals surface area contributed by atoms with E-state index < -0.39 is 5.97 Å². The number of rotatable bonds is 2. The normalized spacial score (nSPS) is 22.7. The van der Waals surface area contributed by atoms with E-state index in [1.165, 1.54) is 0 Å². The van der Waals surface area contributed by atoms with Crippen molar-refractivity contribution in [2.45, 2.75) is 12.5 Å². The lowest BCUT2D eigenvalue weighted by molar-refractivity contribution is -0.132. The molecular formula is C13H14N2O3. The van der Waals surface area contributed by atoms with Gasteiger partial charge in [-0.2, -0.15) is 0 Å².